The molecule has 0 aliphatic carbocycles. The number of hydrogen-bond donors (Lipinski definition) is 3. The number of ether oxygens (including phenoxy) is 1. The molecule has 1 atom stereocenters. The summed E-state index contributed by atoms with van der Waals surface area (Å²) in [4.78, 5) is 35.4. The van der Waals surface area contributed by atoms with Crippen molar-refractivity contribution in [2.45, 2.75) is 25.8 Å². The minimum absolute atomic E-state index is 0.00963. The molecule has 8 nitrogen and oxygen atoms in total. The van der Waals surface area contributed by atoms with Crippen molar-refractivity contribution in [3.8, 4) is 0 Å². The van der Waals surface area contributed by atoms with Crippen LogP contribution in [0.4, 0.5) is 4.79 Å². The van der Waals surface area contributed by atoms with E-state index in [0.717, 1.165) is 6.54 Å². The van der Waals surface area contributed by atoms with Crippen molar-refractivity contribution in [3.63, 3.8) is 0 Å². The number of rotatable bonds is 9. The van der Waals surface area contributed by atoms with Gasteiger partial charge >= 0.3 is 18.0 Å². The molecular weight excluding hydrogens is 266 g/mol. The lowest BCUT2D eigenvalue weighted by Crippen LogP contribution is -2.47. The molecular formula is C12H23N3O5. The molecule has 20 heavy (non-hydrogen) atoms. The molecule has 0 fully saturated rings. The van der Waals surface area contributed by atoms with Crippen LogP contribution in [0.5, 0.6) is 0 Å². The minimum atomic E-state index is -1.19. The summed E-state index contributed by atoms with van der Waals surface area (Å²) in [6.07, 6.45) is -0.0728. The van der Waals surface area contributed by atoms with Gasteiger partial charge in [0.2, 0.25) is 0 Å². The van der Waals surface area contributed by atoms with Crippen LogP contribution in [0.1, 0.15) is 19.8 Å². The largest absolute Gasteiger partial charge is 0.480 e. The van der Waals surface area contributed by atoms with Crippen molar-refractivity contribution in [2.75, 3.05) is 33.8 Å². The van der Waals surface area contributed by atoms with E-state index in [1.165, 1.54) is 7.11 Å². The topological polar surface area (TPSA) is 108 Å². The summed E-state index contributed by atoms with van der Waals surface area (Å²) in [5.74, 6) is -1.70. The van der Waals surface area contributed by atoms with E-state index < -0.39 is 24.0 Å². The Balaban J connectivity index is 4.08. The van der Waals surface area contributed by atoms with Crippen LogP contribution in [0.25, 0.3) is 0 Å². The standard InChI is InChI=1S/C12H23N3O5/c1-4-15(2)8-7-13-12(19)14-9(11(17)18)5-6-10(16)20-3/h9H,4-8H2,1-3H3,(H,17,18)(H2,13,14,19)/t9-/m0/s1. The molecule has 0 bridgehead atoms. The SMILES string of the molecule is CCN(C)CCNC(=O)N[C@@H](CCC(=O)OC)C(=O)O. The highest BCUT2D eigenvalue weighted by molar-refractivity contribution is 5.83. The monoisotopic (exact) mass is 289 g/mol. The molecule has 0 aromatic carbocycles. The Bertz CT molecular complexity index is 335. The normalized spacial score (nSPS) is 11.8. The quantitative estimate of drug-likeness (QED) is 0.500. The van der Waals surface area contributed by atoms with Gasteiger partial charge in [0.1, 0.15) is 6.04 Å². The van der Waals surface area contributed by atoms with Crippen molar-refractivity contribution < 1.29 is 24.2 Å². The van der Waals surface area contributed by atoms with Gasteiger partial charge in [0.25, 0.3) is 0 Å². The van der Waals surface area contributed by atoms with Gasteiger partial charge in [0, 0.05) is 19.5 Å². The van der Waals surface area contributed by atoms with Crippen LogP contribution >= 0.6 is 0 Å². The number of nitrogens with zero attached hydrogens (tertiary/aromatic N) is 1. The van der Waals surface area contributed by atoms with Crippen molar-refractivity contribution in [2.24, 2.45) is 0 Å². The summed E-state index contributed by atoms with van der Waals surface area (Å²) in [6, 6.07) is -1.68. The molecule has 0 spiro atoms. The lowest BCUT2D eigenvalue weighted by atomic mass is 10.1. The second-order valence-corrected chi connectivity index (χ2v) is 4.30. The Hall–Kier alpha value is -1.83. The van der Waals surface area contributed by atoms with E-state index in [2.05, 4.69) is 15.4 Å². The van der Waals surface area contributed by atoms with Crippen LogP contribution in [-0.4, -0.2) is 67.8 Å². The summed E-state index contributed by atoms with van der Waals surface area (Å²) in [7, 11) is 3.14. The molecule has 0 radical (unpaired) electrons. The number of carboxylic acids is 1. The molecule has 0 heterocycles. The first kappa shape index (κ1) is 18.2. The van der Waals surface area contributed by atoms with Gasteiger partial charge in [-0.3, -0.25) is 4.79 Å². The van der Waals surface area contributed by atoms with E-state index in [4.69, 9.17) is 5.11 Å². The molecule has 0 rings (SSSR count). The number of amides is 2. The molecule has 0 aliphatic heterocycles. The lowest BCUT2D eigenvalue weighted by molar-refractivity contribution is -0.142. The number of likely N-dealkylation sites (N-methyl/N-ethyl adjacent to an activating group) is 1. The van der Waals surface area contributed by atoms with Crippen LogP contribution in [0, 0.1) is 0 Å². The fourth-order valence-corrected chi connectivity index (χ4v) is 1.35. The molecule has 0 aromatic heterocycles. The van der Waals surface area contributed by atoms with Crippen LogP contribution in [0.15, 0.2) is 0 Å². The van der Waals surface area contributed by atoms with E-state index in [9.17, 15) is 14.4 Å². The first-order valence-electron chi connectivity index (χ1n) is 6.43. The predicted molar refractivity (Wildman–Crippen MR) is 72.4 cm³/mol. The summed E-state index contributed by atoms with van der Waals surface area (Å²) >= 11 is 0. The van der Waals surface area contributed by atoms with Gasteiger partial charge in [-0.2, -0.15) is 0 Å². The Kier molecular flexibility index (Phi) is 9.10. The number of hydrogen-bond acceptors (Lipinski definition) is 5. The van der Waals surface area contributed by atoms with Crippen molar-refractivity contribution in [1.29, 1.82) is 0 Å². The maximum atomic E-state index is 11.5. The van der Waals surface area contributed by atoms with Crippen LogP contribution < -0.4 is 10.6 Å². The Morgan fingerprint density at radius 3 is 2.50 bits per heavy atom. The summed E-state index contributed by atoms with van der Waals surface area (Å²) in [5.41, 5.74) is 0. The highest BCUT2D eigenvalue weighted by Crippen LogP contribution is 1.99. The van der Waals surface area contributed by atoms with Gasteiger partial charge in [-0.1, -0.05) is 6.92 Å². The van der Waals surface area contributed by atoms with Crippen molar-refractivity contribution in [1.82, 2.24) is 15.5 Å². The van der Waals surface area contributed by atoms with Crippen LogP contribution in [0.2, 0.25) is 0 Å². The van der Waals surface area contributed by atoms with Gasteiger partial charge in [0.05, 0.1) is 7.11 Å². The van der Waals surface area contributed by atoms with Gasteiger partial charge in [0.15, 0.2) is 0 Å². The van der Waals surface area contributed by atoms with Gasteiger partial charge in [-0.15, -0.1) is 0 Å². The van der Waals surface area contributed by atoms with E-state index in [1.807, 2.05) is 18.9 Å². The third-order valence-electron chi connectivity index (χ3n) is 2.79. The van der Waals surface area contributed by atoms with Gasteiger partial charge in [-0.25, -0.2) is 9.59 Å². The molecule has 8 heteroatoms. The van der Waals surface area contributed by atoms with Crippen LogP contribution in [-0.2, 0) is 14.3 Å². The van der Waals surface area contributed by atoms with E-state index >= 15 is 0 Å². The van der Waals surface area contributed by atoms with Crippen molar-refractivity contribution >= 4 is 18.0 Å². The lowest BCUT2D eigenvalue weighted by Gasteiger charge is -2.17. The molecule has 116 valence electrons. The van der Waals surface area contributed by atoms with Crippen LogP contribution in [0.3, 0.4) is 0 Å². The van der Waals surface area contributed by atoms with Gasteiger partial charge < -0.3 is 25.4 Å². The second kappa shape index (κ2) is 10.0. The van der Waals surface area contributed by atoms with Gasteiger partial charge in [-0.05, 0) is 20.0 Å². The fourth-order valence-electron chi connectivity index (χ4n) is 1.35. The maximum Gasteiger partial charge on any atom is 0.326 e. The first-order chi connectivity index (χ1) is 9.40. The predicted octanol–water partition coefficient (Wildman–Crippen LogP) is -0.356. The molecule has 0 aromatic rings. The maximum absolute atomic E-state index is 11.5. The molecule has 0 saturated heterocycles. The van der Waals surface area contributed by atoms with E-state index in [1.54, 1.807) is 0 Å². The highest BCUT2D eigenvalue weighted by Gasteiger charge is 2.20. The summed E-state index contributed by atoms with van der Waals surface area (Å²) in [6.45, 7) is 3.94. The number of esters is 1. The average Bonchev–Trinajstić information content (AvgIpc) is 2.42. The number of methoxy groups -OCH3 is 1. The van der Waals surface area contributed by atoms with E-state index in [0.29, 0.717) is 13.1 Å². The number of aliphatic carboxylic acids is 1. The van der Waals surface area contributed by atoms with Crippen molar-refractivity contribution in [3.05, 3.63) is 0 Å². The van der Waals surface area contributed by atoms with E-state index in [-0.39, 0.29) is 12.8 Å². The summed E-state index contributed by atoms with van der Waals surface area (Å²) in [5, 5.41) is 13.8. The first-order valence-corrected chi connectivity index (χ1v) is 6.43. The molecule has 0 unspecified atom stereocenters. The molecule has 0 saturated carbocycles. The summed E-state index contributed by atoms with van der Waals surface area (Å²) < 4.78 is 4.42. The Labute approximate surface area is 118 Å². The number of nitrogens with one attached hydrogen (secondary N) is 2. The number of carboxylic acid groups (broad SMARTS) is 1. The number of urea groups is 1. The highest BCUT2D eigenvalue weighted by atomic mass is 16.5. The smallest absolute Gasteiger partial charge is 0.326 e. The molecule has 2 amide bonds. The zero-order chi connectivity index (χ0) is 15.5. The third-order valence-corrected chi connectivity index (χ3v) is 2.79. The fraction of sp³-hybridized carbons (Fsp3) is 0.750. The molecule has 0 aliphatic rings. The average molecular weight is 289 g/mol. The zero-order valence-electron chi connectivity index (χ0n) is 12.1. The Morgan fingerprint density at radius 1 is 1.35 bits per heavy atom. The molecule has 3 N–H and O–H groups in total. The zero-order valence-corrected chi connectivity index (χ0v) is 12.1. The Morgan fingerprint density at radius 2 is 2.00 bits per heavy atom. The third kappa shape index (κ3) is 8.30. The number of carbonyl (C=O) groups is 3. The second-order valence-electron chi connectivity index (χ2n) is 4.30. The minimum Gasteiger partial charge on any atom is -0.480 e. The number of carbonyl (C=O) groups excluding carboxylic acids is 2.